The Hall–Kier alpha value is 0.137. The normalized spacial score (nSPS) is 40.2. The van der Waals surface area contributed by atoms with Crippen LogP contribution in [0.15, 0.2) is 0 Å². The molecule has 4 N–H and O–H groups in total. The summed E-state index contributed by atoms with van der Waals surface area (Å²) >= 11 is 0. The Kier molecular flexibility index (Phi) is 4.32. The summed E-state index contributed by atoms with van der Waals surface area (Å²) in [5, 5.41) is 0. The summed E-state index contributed by atoms with van der Waals surface area (Å²) in [4.78, 5) is 0. The van der Waals surface area contributed by atoms with Crippen LogP contribution < -0.4 is 11.5 Å². The molecule has 0 saturated heterocycles. The fourth-order valence-corrected chi connectivity index (χ4v) is 8.37. The highest BCUT2D eigenvalue weighted by Gasteiger charge is 2.41. The zero-order valence-electron chi connectivity index (χ0n) is 11.6. The van der Waals surface area contributed by atoms with Crippen LogP contribution in [0, 0.1) is 0 Å². The first-order valence-electron chi connectivity index (χ1n) is 7.51. The monoisotopic (exact) mass is 254 g/mol. The van der Waals surface area contributed by atoms with Crippen LogP contribution >= 0.6 is 0 Å². The SMILES string of the molecule is C[Si](C)(C1CCC(N)CC1)C1CCC(N)CC1. The van der Waals surface area contributed by atoms with Crippen molar-refractivity contribution in [1.29, 1.82) is 0 Å². The lowest BCUT2D eigenvalue weighted by atomic mass is 9.95. The van der Waals surface area contributed by atoms with E-state index in [0.29, 0.717) is 12.1 Å². The Morgan fingerprint density at radius 1 is 0.647 bits per heavy atom. The molecule has 2 fully saturated rings. The lowest BCUT2D eigenvalue weighted by Crippen LogP contribution is -2.44. The van der Waals surface area contributed by atoms with Gasteiger partial charge in [-0.15, -0.1) is 0 Å². The predicted octanol–water partition coefficient (Wildman–Crippen LogP) is 3.24. The summed E-state index contributed by atoms with van der Waals surface area (Å²) in [5.74, 6) is 0. The molecule has 0 bridgehead atoms. The molecule has 0 radical (unpaired) electrons. The third kappa shape index (κ3) is 3.12. The summed E-state index contributed by atoms with van der Waals surface area (Å²) in [6, 6.07) is 0.992. The second kappa shape index (κ2) is 5.41. The van der Waals surface area contributed by atoms with Gasteiger partial charge in [0.1, 0.15) is 0 Å². The Balaban J connectivity index is 1.93. The fourth-order valence-electron chi connectivity index (χ4n) is 4.06. The summed E-state index contributed by atoms with van der Waals surface area (Å²) < 4.78 is 0. The van der Waals surface area contributed by atoms with Crippen LogP contribution in [-0.2, 0) is 0 Å². The van der Waals surface area contributed by atoms with Gasteiger partial charge in [-0.3, -0.25) is 0 Å². The van der Waals surface area contributed by atoms with E-state index in [-0.39, 0.29) is 0 Å². The van der Waals surface area contributed by atoms with E-state index in [9.17, 15) is 0 Å². The van der Waals surface area contributed by atoms with Gasteiger partial charge in [0.2, 0.25) is 0 Å². The molecule has 0 heterocycles. The maximum Gasteiger partial charge on any atom is 0.0536 e. The van der Waals surface area contributed by atoms with Crippen molar-refractivity contribution in [3.8, 4) is 0 Å². The molecule has 0 spiro atoms. The first kappa shape index (κ1) is 13.6. The van der Waals surface area contributed by atoms with Gasteiger partial charge < -0.3 is 11.5 Å². The maximum atomic E-state index is 6.04. The Morgan fingerprint density at radius 3 is 1.24 bits per heavy atom. The van der Waals surface area contributed by atoms with E-state index in [1.165, 1.54) is 51.4 Å². The minimum Gasteiger partial charge on any atom is -0.328 e. The zero-order chi connectivity index (χ0) is 12.5. The van der Waals surface area contributed by atoms with E-state index in [0.717, 1.165) is 11.1 Å². The maximum absolute atomic E-state index is 6.04. The number of hydrogen-bond donors (Lipinski definition) is 2. The van der Waals surface area contributed by atoms with Crippen molar-refractivity contribution >= 4 is 8.07 Å². The first-order chi connectivity index (χ1) is 8.00. The molecule has 0 amide bonds. The van der Waals surface area contributed by atoms with E-state index in [4.69, 9.17) is 11.5 Å². The molecule has 100 valence electrons. The van der Waals surface area contributed by atoms with Crippen molar-refractivity contribution in [2.24, 2.45) is 11.5 Å². The van der Waals surface area contributed by atoms with E-state index < -0.39 is 8.07 Å². The smallest absolute Gasteiger partial charge is 0.0536 e. The van der Waals surface area contributed by atoms with Crippen molar-refractivity contribution in [3.63, 3.8) is 0 Å². The van der Waals surface area contributed by atoms with Gasteiger partial charge in [-0.05, 0) is 36.8 Å². The Morgan fingerprint density at radius 2 is 0.941 bits per heavy atom. The molecular weight excluding hydrogens is 224 g/mol. The highest BCUT2D eigenvalue weighted by Crippen LogP contribution is 2.47. The van der Waals surface area contributed by atoms with Crippen LogP contribution in [0.4, 0.5) is 0 Å². The molecule has 0 aromatic carbocycles. The van der Waals surface area contributed by atoms with Crippen molar-refractivity contribution in [1.82, 2.24) is 0 Å². The van der Waals surface area contributed by atoms with Gasteiger partial charge in [-0.2, -0.15) is 0 Å². The van der Waals surface area contributed by atoms with Gasteiger partial charge in [0.15, 0.2) is 0 Å². The molecule has 0 atom stereocenters. The van der Waals surface area contributed by atoms with E-state index in [1.807, 2.05) is 0 Å². The van der Waals surface area contributed by atoms with Crippen molar-refractivity contribution < 1.29 is 0 Å². The molecule has 2 saturated carbocycles. The number of hydrogen-bond acceptors (Lipinski definition) is 2. The van der Waals surface area contributed by atoms with Gasteiger partial charge in [-0.25, -0.2) is 0 Å². The standard InChI is InChI=1S/C14H30N2Si/c1-17(2,13-7-3-11(15)4-8-13)14-9-5-12(16)6-10-14/h11-14H,3-10,15-16H2,1-2H3. The summed E-state index contributed by atoms with van der Waals surface area (Å²) in [5.41, 5.74) is 14.1. The first-order valence-corrected chi connectivity index (χ1v) is 10.7. The molecule has 2 aliphatic rings. The van der Waals surface area contributed by atoms with Gasteiger partial charge >= 0.3 is 0 Å². The summed E-state index contributed by atoms with van der Waals surface area (Å²) in [6.45, 7) is 5.27. The van der Waals surface area contributed by atoms with Crippen molar-refractivity contribution in [2.45, 2.75) is 87.6 Å². The van der Waals surface area contributed by atoms with Gasteiger partial charge in [0.25, 0.3) is 0 Å². The summed E-state index contributed by atoms with van der Waals surface area (Å²) in [6.07, 6.45) is 10.7. The highest BCUT2D eigenvalue weighted by atomic mass is 28.3. The van der Waals surface area contributed by atoms with Crippen LogP contribution in [0.2, 0.25) is 24.2 Å². The largest absolute Gasteiger partial charge is 0.328 e. The second-order valence-corrected chi connectivity index (χ2v) is 12.3. The molecule has 3 heteroatoms. The van der Waals surface area contributed by atoms with Gasteiger partial charge in [0.05, 0.1) is 8.07 Å². The quantitative estimate of drug-likeness (QED) is 0.743. The molecule has 0 unspecified atom stereocenters. The van der Waals surface area contributed by atoms with E-state index in [1.54, 1.807) is 0 Å². The molecule has 0 aliphatic heterocycles. The topological polar surface area (TPSA) is 52.0 Å². The molecule has 2 nitrogen and oxygen atoms in total. The van der Waals surface area contributed by atoms with Crippen LogP contribution in [-0.4, -0.2) is 20.2 Å². The third-order valence-electron chi connectivity index (χ3n) is 5.65. The Bertz CT molecular complexity index is 215. The predicted molar refractivity (Wildman–Crippen MR) is 77.9 cm³/mol. The fraction of sp³-hybridized carbons (Fsp3) is 1.00. The van der Waals surface area contributed by atoms with Crippen LogP contribution in [0.3, 0.4) is 0 Å². The van der Waals surface area contributed by atoms with Crippen molar-refractivity contribution in [2.75, 3.05) is 0 Å². The number of nitrogens with two attached hydrogens (primary N) is 2. The minimum atomic E-state index is -1.07. The average Bonchev–Trinajstić information content (AvgIpc) is 2.30. The average molecular weight is 254 g/mol. The molecule has 2 aliphatic carbocycles. The van der Waals surface area contributed by atoms with Crippen LogP contribution in [0.1, 0.15) is 51.4 Å². The highest BCUT2D eigenvalue weighted by molar-refractivity contribution is 6.80. The number of rotatable bonds is 2. The van der Waals surface area contributed by atoms with E-state index >= 15 is 0 Å². The molecule has 0 aromatic rings. The molecule has 0 aromatic heterocycles. The van der Waals surface area contributed by atoms with Gasteiger partial charge in [-0.1, -0.05) is 38.8 Å². The molecule has 17 heavy (non-hydrogen) atoms. The van der Waals surface area contributed by atoms with Crippen molar-refractivity contribution in [3.05, 3.63) is 0 Å². The second-order valence-electron chi connectivity index (χ2n) is 7.04. The lowest BCUT2D eigenvalue weighted by molar-refractivity contribution is 0.404. The molecular formula is C14H30N2Si. The van der Waals surface area contributed by atoms with E-state index in [2.05, 4.69) is 13.1 Å². The summed E-state index contributed by atoms with van der Waals surface area (Å²) in [7, 11) is -1.07. The van der Waals surface area contributed by atoms with Gasteiger partial charge in [0, 0.05) is 12.1 Å². The van der Waals surface area contributed by atoms with Crippen LogP contribution in [0.25, 0.3) is 0 Å². The zero-order valence-corrected chi connectivity index (χ0v) is 12.6. The Labute approximate surface area is 108 Å². The third-order valence-corrected chi connectivity index (χ3v) is 11.0. The lowest BCUT2D eigenvalue weighted by Gasteiger charge is -2.44. The minimum absolute atomic E-state index is 0.496. The molecule has 2 rings (SSSR count). The van der Waals surface area contributed by atoms with Crippen LogP contribution in [0.5, 0.6) is 0 Å².